The molecule has 7 nitrogen and oxygen atoms in total. The van der Waals surface area contributed by atoms with Crippen LogP contribution in [0, 0.1) is 0 Å². The lowest BCUT2D eigenvalue weighted by Crippen LogP contribution is -2.51. The van der Waals surface area contributed by atoms with E-state index in [2.05, 4.69) is 15.1 Å². The molecule has 0 spiro atoms. The van der Waals surface area contributed by atoms with Crippen LogP contribution in [0.4, 0.5) is 19.3 Å². The van der Waals surface area contributed by atoms with Crippen LogP contribution in [-0.4, -0.2) is 59.3 Å². The summed E-state index contributed by atoms with van der Waals surface area (Å²) in [6.07, 6.45) is -2.82. The van der Waals surface area contributed by atoms with Crippen LogP contribution in [0.25, 0.3) is 11.5 Å². The number of likely N-dealkylation sites (N-methyl/N-ethyl adjacent to an activating group) is 1. The van der Waals surface area contributed by atoms with Crippen molar-refractivity contribution in [1.82, 2.24) is 20.0 Å². The Kier molecular flexibility index (Phi) is 6.66. The molecule has 0 bridgehead atoms. The maximum absolute atomic E-state index is 13.4. The zero-order chi connectivity index (χ0) is 22.7. The number of hydrogen-bond donors (Lipinski definition) is 0. The molecular weight excluding hydrogens is 440 g/mol. The molecule has 3 aromatic rings. The van der Waals surface area contributed by atoms with Gasteiger partial charge in [-0.2, -0.15) is 8.78 Å². The molecule has 1 aromatic heterocycles. The van der Waals surface area contributed by atoms with Crippen LogP contribution < -0.4 is 4.90 Å². The highest BCUT2D eigenvalue weighted by Crippen LogP contribution is 2.26. The van der Waals surface area contributed by atoms with Crippen LogP contribution in [0.5, 0.6) is 0 Å². The molecule has 1 aliphatic rings. The standard InChI is InChI=1S/C22H22ClF2N5O2/c1-28-9-11-29(12-10-28)22(31)30(18-4-2-3-17(23)13-18)14-15-5-7-16(8-6-15)20-26-27-21(32-20)19(24)25/h2-8,13,19H,9-12,14H2,1H3. The number of aromatic nitrogens is 2. The number of rotatable bonds is 5. The normalized spacial score (nSPS) is 14.7. The van der Waals surface area contributed by atoms with Crippen LogP contribution in [0.1, 0.15) is 17.9 Å². The van der Waals surface area contributed by atoms with Gasteiger partial charge in [-0.15, -0.1) is 10.2 Å². The molecule has 1 fully saturated rings. The number of carbonyl (C=O) groups is 1. The average Bonchev–Trinajstić information content (AvgIpc) is 3.29. The number of halogens is 3. The van der Waals surface area contributed by atoms with E-state index in [0.717, 1.165) is 18.7 Å². The summed E-state index contributed by atoms with van der Waals surface area (Å²) in [5.74, 6) is -0.693. The van der Waals surface area contributed by atoms with Crippen LogP contribution in [0.2, 0.25) is 5.02 Å². The number of anilines is 1. The summed E-state index contributed by atoms with van der Waals surface area (Å²) < 4.78 is 30.4. The Hall–Kier alpha value is -3.04. The molecule has 1 saturated heterocycles. The van der Waals surface area contributed by atoms with Gasteiger partial charge in [0.2, 0.25) is 5.89 Å². The highest BCUT2D eigenvalue weighted by atomic mass is 35.5. The van der Waals surface area contributed by atoms with Crippen molar-refractivity contribution in [1.29, 1.82) is 0 Å². The lowest BCUT2D eigenvalue weighted by Gasteiger charge is -2.36. The second kappa shape index (κ2) is 9.62. The molecule has 2 heterocycles. The first-order valence-corrected chi connectivity index (χ1v) is 10.5. The van der Waals surface area contributed by atoms with Gasteiger partial charge in [-0.3, -0.25) is 4.90 Å². The fraction of sp³-hybridized carbons (Fsp3) is 0.318. The molecule has 168 valence electrons. The van der Waals surface area contributed by atoms with E-state index in [1.54, 1.807) is 47.4 Å². The molecular formula is C22H22ClF2N5O2. The number of nitrogens with zero attached hydrogens (tertiary/aromatic N) is 5. The Morgan fingerprint density at radius 2 is 1.84 bits per heavy atom. The minimum absolute atomic E-state index is 0.0204. The van der Waals surface area contributed by atoms with Crippen LogP contribution in [-0.2, 0) is 6.54 Å². The van der Waals surface area contributed by atoms with Gasteiger partial charge in [-0.05, 0) is 42.9 Å². The molecule has 0 aliphatic carbocycles. The Morgan fingerprint density at radius 3 is 2.47 bits per heavy atom. The Balaban J connectivity index is 1.55. The van der Waals surface area contributed by atoms with Gasteiger partial charge in [0.05, 0.1) is 6.54 Å². The van der Waals surface area contributed by atoms with Crippen molar-refractivity contribution >= 4 is 23.3 Å². The maximum Gasteiger partial charge on any atom is 0.324 e. The summed E-state index contributed by atoms with van der Waals surface area (Å²) in [5, 5.41) is 7.56. The molecule has 0 saturated carbocycles. The Bertz CT molecular complexity index is 1070. The minimum atomic E-state index is -2.82. The van der Waals surface area contributed by atoms with Gasteiger partial charge in [-0.1, -0.05) is 29.8 Å². The van der Waals surface area contributed by atoms with E-state index in [1.165, 1.54) is 0 Å². The van der Waals surface area contributed by atoms with E-state index in [4.69, 9.17) is 16.0 Å². The highest BCUT2D eigenvalue weighted by molar-refractivity contribution is 6.30. The molecule has 0 radical (unpaired) electrons. The zero-order valence-electron chi connectivity index (χ0n) is 17.4. The summed E-state index contributed by atoms with van der Waals surface area (Å²) in [6, 6.07) is 14.1. The summed E-state index contributed by atoms with van der Waals surface area (Å²) in [6.45, 7) is 3.24. The van der Waals surface area contributed by atoms with Gasteiger partial charge in [0.1, 0.15) is 0 Å². The van der Waals surface area contributed by atoms with E-state index < -0.39 is 12.3 Å². The Morgan fingerprint density at radius 1 is 1.12 bits per heavy atom. The van der Waals surface area contributed by atoms with Gasteiger partial charge >= 0.3 is 12.5 Å². The first-order chi connectivity index (χ1) is 15.4. The van der Waals surface area contributed by atoms with Crippen molar-refractivity contribution < 1.29 is 18.0 Å². The van der Waals surface area contributed by atoms with Crippen molar-refractivity contribution in [3.63, 3.8) is 0 Å². The molecule has 1 aliphatic heterocycles. The number of benzene rings is 2. The fourth-order valence-corrected chi connectivity index (χ4v) is 3.64. The molecule has 4 rings (SSSR count). The first-order valence-electron chi connectivity index (χ1n) is 10.1. The van der Waals surface area contributed by atoms with Gasteiger partial charge < -0.3 is 14.2 Å². The zero-order valence-corrected chi connectivity index (χ0v) is 18.2. The number of amides is 2. The minimum Gasteiger partial charge on any atom is -0.415 e. The van der Waals surface area contributed by atoms with E-state index in [0.29, 0.717) is 35.9 Å². The van der Waals surface area contributed by atoms with E-state index in [9.17, 15) is 13.6 Å². The topological polar surface area (TPSA) is 65.7 Å². The summed E-state index contributed by atoms with van der Waals surface area (Å²) in [4.78, 5) is 19.1. The summed E-state index contributed by atoms with van der Waals surface area (Å²) >= 11 is 6.18. The number of urea groups is 1. The number of carbonyl (C=O) groups excluding carboxylic acids is 1. The van der Waals surface area contributed by atoms with E-state index in [-0.39, 0.29) is 11.9 Å². The summed E-state index contributed by atoms with van der Waals surface area (Å²) in [7, 11) is 2.03. The molecule has 10 heteroatoms. The van der Waals surface area contributed by atoms with Gasteiger partial charge in [0, 0.05) is 42.5 Å². The van der Waals surface area contributed by atoms with Crippen LogP contribution in [0.15, 0.2) is 52.9 Å². The lowest BCUT2D eigenvalue weighted by atomic mass is 10.1. The molecule has 0 N–H and O–H groups in total. The van der Waals surface area contributed by atoms with E-state index in [1.807, 2.05) is 18.0 Å². The quantitative estimate of drug-likeness (QED) is 0.551. The van der Waals surface area contributed by atoms with Crippen LogP contribution in [0.3, 0.4) is 0 Å². The second-order valence-electron chi connectivity index (χ2n) is 7.58. The lowest BCUT2D eigenvalue weighted by molar-refractivity contribution is 0.116. The maximum atomic E-state index is 13.4. The van der Waals surface area contributed by atoms with Gasteiger partial charge in [0.15, 0.2) is 0 Å². The number of piperazine rings is 1. The monoisotopic (exact) mass is 461 g/mol. The Labute approximate surface area is 189 Å². The second-order valence-corrected chi connectivity index (χ2v) is 8.02. The first kappa shape index (κ1) is 22.2. The van der Waals surface area contributed by atoms with Gasteiger partial charge in [0.25, 0.3) is 5.89 Å². The van der Waals surface area contributed by atoms with Crippen molar-refractivity contribution in [2.75, 3.05) is 38.1 Å². The third-order valence-corrected chi connectivity index (χ3v) is 5.53. The third kappa shape index (κ3) is 5.05. The van der Waals surface area contributed by atoms with Gasteiger partial charge in [-0.25, -0.2) is 4.79 Å². The van der Waals surface area contributed by atoms with E-state index >= 15 is 0 Å². The molecule has 0 atom stereocenters. The predicted octanol–water partition coefficient (Wildman–Crippen LogP) is 4.70. The summed E-state index contributed by atoms with van der Waals surface area (Å²) in [5.41, 5.74) is 2.07. The fourth-order valence-electron chi connectivity index (χ4n) is 3.46. The smallest absolute Gasteiger partial charge is 0.324 e. The molecule has 32 heavy (non-hydrogen) atoms. The third-order valence-electron chi connectivity index (χ3n) is 5.29. The van der Waals surface area contributed by atoms with Crippen molar-refractivity contribution in [2.24, 2.45) is 0 Å². The predicted molar refractivity (Wildman–Crippen MR) is 117 cm³/mol. The molecule has 0 unspecified atom stereocenters. The number of alkyl halides is 2. The van der Waals surface area contributed by atoms with Crippen molar-refractivity contribution in [2.45, 2.75) is 13.0 Å². The SMILES string of the molecule is CN1CCN(C(=O)N(Cc2ccc(-c3nnc(C(F)F)o3)cc2)c2cccc(Cl)c2)CC1. The number of hydrogen-bond acceptors (Lipinski definition) is 5. The molecule has 2 amide bonds. The highest BCUT2D eigenvalue weighted by Gasteiger charge is 2.26. The average molecular weight is 462 g/mol. The molecule has 2 aromatic carbocycles. The van der Waals surface area contributed by atoms with Crippen LogP contribution >= 0.6 is 11.6 Å². The van der Waals surface area contributed by atoms with Crippen molar-refractivity contribution in [3.05, 3.63) is 65.0 Å². The largest absolute Gasteiger partial charge is 0.415 e. The van der Waals surface area contributed by atoms with Crippen molar-refractivity contribution in [3.8, 4) is 11.5 Å².